The van der Waals surface area contributed by atoms with Gasteiger partial charge in [0.15, 0.2) is 0 Å². The Labute approximate surface area is 109 Å². The Balaban J connectivity index is 2.47. The summed E-state index contributed by atoms with van der Waals surface area (Å²) in [4.78, 5) is 22.6. The molecule has 0 aromatic heterocycles. The van der Waals surface area contributed by atoms with Gasteiger partial charge in [-0.25, -0.2) is 9.18 Å². The maximum Gasteiger partial charge on any atom is 0.326 e. The van der Waals surface area contributed by atoms with Gasteiger partial charge >= 0.3 is 5.97 Å². The zero-order valence-electron chi connectivity index (χ0n) is 9.85. The predicted molar refractivity (Wildman–Crippen MR) is 67.0 cm³/mol. The highest BCUT2D eigenvalue weighted by atomic mass is 32.2. The van der Waals surface area contributed by atoms with E-state index in [9.17, 15) is 14.0 Å². The number of carbonyl (C=O) groups is 2. The minimum absolute atomic E-state index is 0.00921. The molecule has 0 radical (unpaired) electrons. The molecule has 18 heavy (non-hydrogen) atoms. The quantitative estimate of drug-likeness (QED) is 0.775. The second-order valence-corrected chi connectivity index (χ2v) is 4.60. The Kier molecular flexibility index (Phi) is 5.64. The van der Waals surface area contributed by atoms with Crippen molar-refractivity contribution in [1.82, 2.24) is 5.32 Å². The molecular formula is C12H14FNO3S. The lowest BCUT2D eigenvalue weighted by atomic mass is 10.2. The molecule has 0 spiro atoms. The monoisotopic (exact) mass is 271 g/mol. The summed E-state index contributed by atoms with van der Waals surface area (Å²) in [5.74, 6) is -1.88. The summed E-state index contributed by atoms with van der Waals surface area (Å²) >= 11 is 1.04. The van der Waals surface area contributed by atoms with E-state index < -0.39 is 17.9 Å². The number of carbonyl (C=O) groups excluding carboxylic acids is 1. The molecule has 4 nitrogen and oxygen atoms in total. The standard InChI is InChI=1S/C12H14FNO3S/c1-2-9(12(16)17)14-11(15)7-18-10-6-4-3-5-8(10)13/h3-6,9H,2,7H2,1H3,(H,14,15)(H,16,17)/t9-/m0/s1. The van der Waals surface area contributed by atoms with E-state index in [2.05, 4.69) is 5.32 Å². The first-order valence-electron chi connectivity index (χ1n) is 5.44. The molecule has 0 heterocycles. The summed E-state index contributed by atoms with van der Waals surface area (Å²) in [6, 6.07) is 5.24. The second kappa shape index (κ2) is 7.00. The van der Waals surface area contributed by atoms with Crippen LogP contribution in [-0.4, -0.2) is 28.8 Å². The van der Waals surface area contributed by atoms with Gasteiger partial charge in [0, 0.05) is 4.90 Å². The fraction of sp³-hybridized carbons (Fsp3) is 0.333. The molecule has 0 aliphatic carbocycles. The van der Waals surface area contributed by atoms with E-state index in [1.807, 2.05) is 0 Å². The number of carboxylic acids is 1. The van der Waals surface area contributed by atoms with Crippen molar-refractivity contribution in [2.75, 3.05) is 5.75 Å². The van der Waals surface area contributed by atoms with Gasteiger partial charge in [-0.1, -0.05) is 19.1 Å². The lowest BCUT2D eigenvalue weighted by Crippen LogP contribution is -2.41. The van der Waals surface area contributed by atoms with E-state index in [1.165, 1.54) is 6.07 Å². The molecular weight excluding hydrogens is 257 g/mol. The van der Waals surface area contributed by atoms with Crippen LogP contribution in [0.4, 0.5) is 4.39 Å². The average Bonchev–Trinajstić information content (AvgIpc) is 2.34. The van der Waals surface area contributed by atoms with Crippen LogP contribution in [0.3, 0.4) is 0 Å². The molecule has 98 valence electrons. The van der Waals surface area contributed by atoms with Gasteiger partial charge in [0.2, 0.25) is 5.91 Å². The molecule has 1 aromatic carbocycles. The van der Waals surface area contributed by atoms with E-state index in [0.29, 0.717) is 11.3 Å². The van der Waals surface area contributed by atoms with E-state index in [0.717, 1.165) is 11.8 Å². The van der Waals surface area contributed by atoms with Crippen molar-refractivity contribution in [2.45, 2.75) is 24.3 Å². The van der Waals surface area contributed by atoms with Crippen molar-refractivity contribution in [2.24, 2.45) is 0 Å². The van der Waals surface area contributed by atoms with Gasteiger partial charge in [-0.05, 0) is 18.6 Å². The fourth-order valence-electron chi connectivity index (χ4n) is 1.28. The van der Waals surface area contributed by atoms with Gasteiger partial charge < -0.3 is 10.4 Å². The molecule has 0 bridgehead atoms. The molecule has 0 fully saturated rings. The molecule has 1 rings (SSSR count). The van der Waals surface area contributed by atoms with Crippen LogP contribution < -0.4 is 5.32 Å². The summed E-state index contributed by atoms with van der Waals surface area (Å²) in [6.07, 6.45) is 0.311. The first kappa shape index (κ1) is 14.5. The Morgan fingerprint density at radius 2 is 2.11 bits per heavy atom. The Morgan fingerprint density at radius 1 is 1.44 bits per heavy atom. The third-order valence-electron chi connectivity index (χ3n) is 2.24. The molecule has 0 aliphatic heterocycles. The van der Waals surface area contributed by atoms with Crippen LogP contribution in [-0.2, 0) is 9.59 Å². The molecule has 2 N–H and O–H groups in total. The molecule has 0 aliphatic rings. The number of hydrogen-bond donors (Lipinski definition) is 2. The molecule has 1 atom stereocenters. The summed E-state index contributed by atoms with van der Waals surface area (Å²) in [5.41, 5.74) is 0. The zero-order valence-corrected chi connectivity index (χ0v) is 10.7. The van der Waals surface area contributed by atoms with Crippen LogP contribution in [0.2, 0.25) is 0 Å². The first-order chi connectivity index (χ1) is 8.54. The van der Waals surface area contributed by atoms with Crippen LogP contribution in [0.15, 0.2) is 29.2 Å². The number of carboxylic acid groups (broad SMARTS) is 1. The van der Waals surface area contributed by atoms with Crippen molar-refractivity contribution in [3.8, 4) is 0 Å². The smallest absolute Gasteiger partial charge is 0.326 e. The van der Waals surface area contributed by atoms with Crippen molar-refractivity contribution in [3.63, 3.8) is 0 Å². The Hall–Kier alpha value is -1.56. The van der Waals surface area contributed by atoms with Gasteiger partial charge in [0.25, 0.3) is 0 Å². The third-order valence-corrected chi connectivity index (χ3v) is 3.29. The largest absolute Gasteiger partial charge is 0.480 e. The predicted octanol–water partition coefficient (Wildman–Crippen LogP) is 1.90. The van der Waals surface area contributed by atoms with Crippen molar-refractivity contribution >= 4 is 23.6 Å². The van der Waals surface area contributed by atoms with Crippen molar-refractivity contribution < 1.29 is 19.1 Å². The average molecular weight is 271 g/mol. The number of rotatable bonds is 6. The molecule has 0 unspecified atom stereocenters. The van der Waals surface area contributed by atoms with Gasteiger partial charge in [-0.3, -0.25) is 4.79 Å². The number of thioether (sulfide) groups is 1. The highest BCUT2D eigenvalue weighted by Gasteiger charge is 2.17. The minimum Gasteiger partial charge on any atom is -0.480 e. The molecule has 0 saturated carbocycles. The van der Waals surface area contributed by atoms with Gasteiger partial charge in [-0.2, -0.15) is 0 Å². The number of nitrogens with one attached hydrogen (secondary N) is 1. The number of amides is 1. The Morgan fingerprint density at radius 3 is 2.67 bits per heavy atom. The second-order valence-electron chi connectivity index (χ2n) is 3.59. The van der Waals surface area contributed by atoms with Crippen molar-refractivity contribution in [3.05, 3.63) is 30.1 Å². The van der Waals surface area contributed by atoms with Crippen molar-refractivity contribution in [1.29, 1.82) is 0 Å². The van der Waals surface area contributed by atoms with Gasteiger partial charge in [-0.15, -0.1) is 11.8 Å². The van der Waals surface area contributed by atoms with Crippen LogP contribution in [0.5, 0.6) is 0 Å². The van der Waals surface area contributed by atoms with Gasteiger partial charge in [0.05, 0.1) is 5.75 Å². The summed E-state index contributed by atoms with van der Waals surface area (Å²) < 4.78 is 13.3. The van der Waals surface area contributed by atoms with Crippen LogP contribution >= 0.6 is 11.8 Å². The van der Waals surface area contributed by atoms with E-state index in [4.69, 9.17) is 5.11 Å². The third kappa shape index (κ3) is 4.37. The minimum atomic E-state index is -1.07. The number of benzene rings is 1. The summed E-state index contributed by atoms with van der Waals surface area (Å²) in [5, 5.41) is 11.1. The van der Waals surface area contributed by atoms with Gasteiger partial charge in [0.1, 0.15) is 11.9 Å². The van der Waals surface area contributed by atoms with E-state index in [1.54, 1.807) is 25.1 Å². The molecule has 1 amide bonds. The first-order valence-corrected chi connectivity index (χ1v) is 6.42. The van der Waals surface area contributed by atoms with E-state index >= 15 is 0 Å². The highest BCUT2D eigenvalue weighted by Crippen LogP contribution is 2.20. The zero-order chi connectivity index (χ0) is 13.5. The van der Waals surface area contributed by atoms with E-state index in [-0.39, 0.29) is 11.6 Å². The lowest BCUT2D eigenvalue weighted by molar-refractivity contribution is -0.141. The Bertz CT molecular complexity index is 439. The normalized spacial score (nSPS) is 11.9. The molecule has 6 heteroatoms. The lowest BCUT2D eigenvalue weighted by Gasteiger charge is -2.11. The molecule has 1 aromatic rings. The fourth-order valence-corrected chi connectivity index (χ4v) is 2.03. The number of hydrogen-bond acceptors (Lipinski definition) is 3. The topological polar surface area (TPSA) is 66.4 Å². The van der Waals surface area contributed by atoms with Crippen LogP contribution in [0, 0.1) is 5.82 Å². The summed E-state index contributed by atoms with van der Waals surface area (Å²) in [6.45, 7) is 1.67. The number of aliphatic carboxylic acids is 1. The van der Waals surface area contributed by atoms with Crippen LogP contribution in [0.1, 0.15) is 13.3 Å². The molecule has 0 saturated heterocycles. The maximum absolute atomic E-state index is 13.3. The SMILES string of the molecule is CC[C@H](NC(=O)CSc1ccccc1F)C(=O)O. The highest BCUT2D eigenvalue weighted by molar-refractivity contribution is 8.00. The number of halogens is 1. The summed E-state index contributed by atoms with van der Waals surface area (Å²) in [7, 11) is 0. The maximum atomic E-state index is 13.3. The van der Waals surface area contributed by atoms with Crippen LogP contribution in [0.25, 0.3) is 0 Å².